The highest BCUT2D eigenvalue weighted by molar-refractivity contribution is 7.94. The first-order chi connectivity index (χ1) is 19.7. The Morgan fingerprint density at radius 1 is 0.850 bits per heavy atom. The lowest BCUT2D eigenvalue weighted by atomic mass is 10.0. The molecule has 7 rings (SSSR count). The fourth-order valence-electron chi connectivity index (χ4n) is 4.97. The van der Waals surface area contributed by atoms with Gasteiger partial charge in [0.05, 0.1) is 31.4 Å². The summed E-state index contributed by atoms with van der Waals surface area (Å²) in [5, 5.41) is 4.86. The molecule has 6 nitrogen and oxygen atoms in total. The summed E-state index contributed by atoms with van der Waals surface area (Å²) in [5.41, 5.74) is 3.47. The number of imidazole rings is 1. The zero-order valence-electron chi connectivity index (χ0n) is 22.2. The molecule has 0 aliphatic carbocycles. The normalized spacial score (nSPS) is 13.4. The van der Waals surface area contributed by atoms with Crippen molar-refractivity contribution in [2.24, 2.45) is 0 Å². The van der Waals surface area contributed by atoms with Crippen molar-refractivity contribution in [3.63, 3.8) is 0 Å². The third kappa shape index (κ3) is 5.58. The Labute approximate surface area is 237 Å². The number of amides is 1. The van der Waals surface area contributed by atoms with Crippen LogP contribution in [0.4, 0.5) is 0 Å². The van der Waals surface area contributed by atoms with E-state index in [1.165, 1.54) is 28.2 Å². The summed E-state index contributed by atoms with van der Waals surface area (Å²) >= 11 is 1.39. The molecule has 1 aliphatic rings. The number of carbonyl (C=O) groups is 1. The summed E-state index contributed by atoms with van der Waals surface area (Å²) in [7, 11) is 1.68. The number of nitrogens with one attached hydrogen (secondary N) is 1. The molecule has 6 aromatic rings. The molecule has 7 heteroatoms. The van der Waals surface area contributed by atoms with E-state index in [1.807, 2.05) is 53.4 Å². The van der Waals surface area contributed by atoms with Crippen LogP contribution >= 0.6 is 12.0 Å². The van der Waals surface area contributed by atoms with E-state index < -0.39 is 0 Å². The van der Waals surface area contributed by atoms with Crippen molar-refractivity contribution in [1.82, 2.24) is 14.9 Å². The Hall–Kier alpha value is -4.17. The van der Waals surface area contributed by atoms with Crippen molar-refractivity contribution in [2.75, 3.05) is 33.4 Å². The molecule has 1 aromatic heterocycles. The molecule has 1 amide bonds. The highest BCUT2D eigenvalue weighted by Gasteiger charge is 2.19. The minimum absolute atomic E-state index is 0.0431. The minimum Gasteiger partial charge on any atom is -0.378 e. The maximum atomic E-state index is 12.7. The zero-order chi connectivity index (χ0) is 27.3. The van der Waals surface area contributed by atoms with Gasteiger partial charge in [0.2, 0.25) is 0 Å². The van der Waals surface area contributed by atoms with Crippen LogP contribution in [0.15, 0.2) is 108 Å². The fourth-order valence-corrected chi connectivity index (χ4v) is 5.46. The van der Waals surface area contributed by atoms with E-state index in [4.69, 9.17) is 13.9 Å². The fraction of sp³-hybridized carbons (Fsp3) is 0.152. The van der Waals surface area contributed by atoms with Crippen molar-refractivity contribution in [2.45, 2.75) is 4.90 Å². The Balaban J connectivity index is 0.000000187. The van der Waals surface area contributed by atoms with Gasteiger partial charge in [0.15, 0.2) is 0 Å². The number of morpholine rings is 1. The second-order valence-electron chi connectivity index (χ2n) is 9.51. The molecule has 1 fully saturated rings. The summed E-state index contributed by atoms with van der Waals surface area (Å²) in [6, 6.07) is 34.8. The SMILES string of the molecule is COSc1ccc2ccccc2c1.O=C(c1ccc2nc(-c3cccc4ccccc34)[nH]c2c1)N1CCOCC1. The van der Waals surface area contributed by atoms with Gasteiger partial charge in [0, 0.05) is 41.2 Å². The average Bonchev–Trinajstić information content (AvgIpc) is 3.45. The van der Waals surface area contributed by atoms with Gasteiger partial charge in [0.1, 0.15) is 5.82 Å². The molecular formula is C33H29N3O3S. The number of H-pyrrole nitrogens is 1. The van der Waals surface area contributed by atoms with Gasteiger partial charge in [-0.05, 0) is 51.9 Å². The number of fused-ring (bicyclic) bond motifs is 3. The molecular weight excluding hydrogens is 518 g/mol. The molecule has 1 N–H and O–H groups in total. The summed E-state index contributed by atoms with van der Waals surface area (Å²) in [5.74, 6) is 0.860. The topological polar surface area (TPSA) is 67.5 Å². The van der Waals surface area contributed by atoms with Gasteiger partial charge in [-0.3, -0.25) is 4.79 Å². The van der Waals surface area contributed by atoms with E-state index in [0.717, 1.165) is 32.7 Å². The quantitative estimate of drug-likeness (QED) is 0.234. The summed E-state index contributed by atoms with van der Waals surface area (Å²) in [6.45, 7) is 2.48. The molecule has 0 spiro atoms. The number of aromatic amines is 1. The van der Waals surface area contributed by atoms with Gasteiger partial charge in [-0.25, -0.2) is 4.98 Å². The van der Waals surface area contributed by atoms with E-state index in [-0.39, 0.29) is 5.91 Å². The molecule has 0 unspecified atom stereocenters. The smallest absolute Gasteiger partial charge is 0.254 e. The van der Waals surface area contributed by atoms with E-state index in [1.54, 1.807) is 7.11 Å². The molecule has 0 atom stereocenters. The van der Waals surface area contributed by atoms with Crippen LogP contribution in [0.5, 0.6) is 0 Å². The van der Waals surface area contributed by atoms with Gasteiger partial charge in [0.25, 0.3) is 5.91 Å². The predicted octanol–water partition coefficient (Wildman–Crippen LogP) is 7.35. The van der Waals surface area contributed by atoms with Gasteiger partial charge < -0.3 is 18.8 Å². The number of hydrogen-bond acceptors (Lipinski definition) is 5. The zero-order valence-corrected chi connectivity index (χ0v) is 23.0. The van der Waals surface area contributed by atoms with E-state index in [9.17, 15) is 4.79 Å². The van der Waals surface area contributed by atoms with Crippen molar-refractivity contribution in [3.8, 4) is 11.4 Å². The average molecular weight is 548 g/mol. The summed E-state index contributed by atoms with van der Waals surface area (Å²) in [4.78, 5) is 23.9. The van der Waals surface area contributed by atoms with E-state index in [0.29, 0.717) is 31.9 Å². The second-order valence-corrected chi connectivity index (χ2v) is 10.5. The molecule has 5 aromatic carbocycles. The highest BCUT2D eigenvalue weighted by atomic mass is 32.2. The number of carbonyl (C=O) groups excluding carboxylic acids is 1. The lowest BCUT2D eigenvalue weighted by Gasteiger charge is -2.26. The van der Waals surface area contributed by atoms with Gasteiger partial charge in [-0.2, -0.15) is 0 Å². The minimum atomic E-state index is 0.0431. The molecule has 200 valence electrons. The summed E-state index contributed by atoms with van der Waals surface area (Å²) < 4.78 is 10.3. The maximum absolute atomic E-state index is 12.7. The number of rotatable bonds is 4. The van der Waals surface area contributed by atoms with Crippen LogP contribution in [0, 0.1) is 0 Å². The number of hydrogen-bond donors (Lipinski definition) is 1. The standard InChI is InChI=1S/C22H19N3O2.C11H10OS/c26-22(25-10-12-27-13-11-25)16-8-9-19-20(14-16)24-21(23-19)18-7-3-5-15-4-1-2-6-17(15)18;1-12-13-11-7-6-9-4-2-3-5-10(9)8-11/h1-9,14H,10-13H2,(H,23,24);2-8H,1H3. The summed E-state index contributed by atoms with van der Waals surface area (Å²) in [6.07, 6.45) is 0. The first kappa shape index (κ1) is 26.1. The molecule has 0 saturated carbocycles. The number of nitrogens with zero attached hydrogens (tertiary/aromatic N) is 2. The molecule has 2 heterocycles. The largest absolute Gasteiger partial charge is 0.378 e. The van der Waals surface area contributed by atoms with Crippen LogP contribution in [0.25, 0.3) is 44.0 Å². The van der Waals surface area contributed by atoms with Crippen molar-refractivity contribution < 1.29 is 13.7 Å². The second kappa shape index (κ2) is 11.9. The Morgan fingerprint density at radius 2 is 1.60 bits per heavy atom. The number of benzene rings is 5. The van der Waals surface area contributed by atoms with Crippen LogP contribution in [-0.4, -0.2) is 54.2 Å². The van der Waals surface area contributed by atoms with Crippen LogP contribution in [0.1, 0.15) is 10.4 Å². The van der Waals surface area contributed by atoms with Crippen LogP contribution < -0.4 is 0 Å². The third-order valence-electron chi connectivity index (χ3n) is 6.97. The predicted molar refractivity (Wildman–Crippen MR) is 163 cm³/mol. The molecule has 0 radical (unpaired) electrons. The lowest BCUT2D eigenvalue weighted by Crippen LogP contribution is -2.40. The van der Waals surface area contributed by atoms with E-state index in [2.05, 4.69) is 59.6 Å². The molecule has 1 aliphatic heterocycles. The van der Waals surface area contributed by atoms with Gasteiger partial charge >= 0.3 is 0 Å². The third-order valence-corrected chi connectivity index (χ3v) is 7.59. The number of ether oxygens (including phenoxy) is 1. The monoisotopic (exact) mass is 547 g/mol. The Morgan fingerprint density at radius 3 is 2.42 bits per heavy atom. The maximum Gasteiger partial charge on any atom is 0.254 e. The van der Waals surface area contributed by atoms with Crippen LogP contribution in [0.3, 0.4) is 0 Å². The molecule has 0 bridgehead atoms. The first-order valence-electron chi connectivity index (χ1n) is 13.2. The van der Waals surface area contributed by atoms with Crippen molar-refractivity contribution in [3.05, 3.63) is 109 Å². The molecule has 40 heavy (non-hydrogen) atoms. The van der Waals surface area contributed by atoms with E-state index >= 15 is 0 Å². The lowest BCUT2D eigenvalue weighted by molar-refractivity contribution is 0.0303. The van der Waals surface area contributed by atoms with Crippen LogP contribution in [-0.2, 0) is 8.92 Å². The van der Waals surface area contributed by atoms with Crippen molar-refractivity contribution >= 4 is 50.5 Å². The number of aromatic nitrogens is 2. The molecule has 1 saturated heterocycles. The van der Waals surface area contributed by atoms with Crippen molar-refractivity contribution in [1.29, 1.82) is 0 Å². The first-order valence-corrected chi connectivity index (χ1v) is 14.0. The highest BCUT2D eigenvalue weighted by Crippen LogP contribution is 2.29. The Bertz CT molecular complexity index is 1790. The van der Waals surface area contributed by atoms with Gasteiger partial charge in [-0.15, -0.1) is 0 Å². The van der Waals surface area contributed by atoms with Crippen LogP contribution in [0.2, 0.25) is 0 Å². The van der Waals surface area contributed by atoms with Gasteiger partial charge in [-0.1, -0.05) is 72.8 Å². The Kier molecular flexibility index (Phi) is 7.77.